The van der Waals surface area contributed by atoms with Crippen LogP contribution >= 0.6 is 0 Å². The Hall–Kier alpha value is -1.14. The van der Waals surface area contributed by atoms with Gasteiger partial charge in [0.05, 0.1) is 13.2 Å². The number of hydrogen-bond acceptors (Lipinski definition) is 5. The molecular weight excluding hydrogens is 246 g/mol. The molecular formula is C13H23N3O3. The molecule has 6 nitrogen and oxygen atoms in total. The predicted octanol–water partition coefficient (Wildman–Crippen LogP) is -0.556. The molecule has 2 saturated heterocycles. The number of nitrogens with zero attached hydrogens (tertiary/aromatic N) is 2. The molecule has 2 aliphatic heterocycles. The van der Waals surface area contributed by atoms with E-state index in [1.807, 2.05) is 13.8 Å². The fourth-order valence-corrected chi connectivity index (χ4v) is 2.62. The molecule has 0 aromatic heterocycles. The maximum atomic E-state index is 11.7. The standard InChI is InChI=1S/C13H23N3O3/c1-10(2)14-12(17)9-15-4-6-16(7-5-15)11-3-8-19-13(11)18/h10-11H,3-9H2,1-2H3,(H,14,17). The van der Waals surface area contributed by atoms with Crippen molar-refractivity contribution in [3.05, 3.63) is 0 Å². The lowest BCUT2D eigenvalue weighted by atomic mass is 10.2. The van der Waals surface area contributed by atoms with Crippen molar-refractivity contribution in [1.29, 1.82) is 0 Å². The molecule has 0 saturated carbocycles. The highest BCUT2D eigenvalue weighted by atomic mass is 16.5. The fourth-order valence-electron chi connectivity index (χ4n) is 2.62. The summed E-state index contributed by atoms with van der Waals surface area (Å²) in [6.45, 7) is 8.22. The van der Waals surface area contributed by atoms with E-state index in [1.54, 1.807) is 0 Å². The second-order valence-corrected chi connectivity index (χ2v) is 5.51. The van der Waals surface area contributed by atoms with Gasteiger partial charge in [-0.05, 0) is 13.8 Å². The van der Waals surface area contributed by atoms with Gasteiger partial charge in [0.2, 0.25) is 5.91 Å². The van der Waals surface area contributed by atoms with Crippen molar-refractivity contribution in [1.82, 2.24) is 15.1 Å². The van der Waals surface area contributed by atoms with E-state index >= 15 is 0 Å². The van der Waals surface area contributed by atoms with E-state index in [0.29, 0.717) is 13.2 Å². The van der Waals surface area contributed by atoms with Gasteiger partial charge in [0, 0.05) is 38.6 Å². The van der Waals surface area contributed by atoms with E-state index in [9.17, 15) is 9.59 Å². The van der Waals surface area contributed by atoms with Gasteiger partial charge in [-0.25, -0.2) is 0 Å². The van der Waals surface area contributed by atoms with Gasteiger partial charge >= 0.3 is 5.97 Å². The van der Waals surface area contributed by atoms with E-state index in [4.69, 9.17) is 4.74 Å². The number of carbonyl (C=O) groups excluding carboxylic acids is 2. The van der Waals surface area contributed by atoms with Gasteiger partial charge in [-0.1, -0.05) is 0 Å². The Morgan fingerprint density at radius 1 is 1.37 bits per heavy atom. The van der Waals surface area contributed by atoms with Crippen LogP contribution in [-0.4, -0.2) is 73.1 Å². The Morgan fingerprint density at radius 2 is 2.05 bits per heavy atom. The summed E-state index contributed by atoms with van der Waals surface area (Å²) in [6, 6.07) is 0.119. The zero-order chi connectivity index (χ0) is 13.8. The average Bonchev–Trinajstić information content (AvgIpc) is 2.75. The van der Waals surface area contributed by atoms with Gasteiger partial charge < -0.3 is 10.1 Å². The van der Waals surface area contributed by atoms with E-state index in [0.717, 1.165) is 32.6 Å². The minimum atomic E-state index is -0.0917. The first kappa shape index (κ1) is 14.3. The summed E-state index contributed by atoms with van der Waals surface area (Å²) in [5.74, 6) is -0.0188. The van der Waals surface area contributed by atoms with Crippen LogP contribution < -0.4 is 5.32 Å². The number of rotatable bonds is 4. The average molecular weight is 269 g/mol. The Morgan fingerprint density at radius 3 is 2.58 bits per heavy atom. The Balaban J connectivity index is 1.73. The van der Waals surface area contributed by atoms with Crippen LogP contribution in [0, 0.1) is 0 Å². The lowest BCUT2D eigenvalue weighted by molar-refractivity contribution is -0.143. The Labute approximate surface area is 114 Å². The van der Waals surface area contributed by atoms with Gasteiger partial charge in [0.25, 0.3) is 0 Å². The number of hydrogen-bond donors (Lipinski definition) is 1. The van der Waals surface area contributed by atoms with Gasteiger partial charge in [-0.15, -0.1) is 0 Å². The monoisotopic (exact) mass is 269 g/mol. The van der Waals surface area contributed by atoms with Crippen LogP contribution in [0.3, 0.4) is 0 Å². The van der Waals surface area contributed by atoms with E-state index in [1.165, 1.54) is 0 Å². The van der Waals surface area contributed by atoms with Crippen LogP contribution in [0.4, 0.5) is 0 Å². The van der Waals surface area contributed by atoms with Crippen molar-refractivity contribution in [2.24, 2.45) is 0 Å². The molecule has 108 valence electrons. The lowest BCUT2D eigenvalue weighted by Gasteiger charge is -2.36. The quantitative estimate of drug-likeness (QED) is 0.694. The predicted molar refractivity (Wildman–Crippen MR) is 70.7 cm³/mol. The first-order valence-corrected chi connectivity index (χ1v) is 6.98. The van der Waals surface area contributed by atoms with Gasteiger partial charge in [-0.2, -0.15) is 0 Å². The van der Waals surface area contributed by atoms with Gasteiger partial charge in [0.15, 0.2) is 0 Å². The second-order valence-electron chi connectivity index (χ2n) is 5.51. The molecule has 2 fully saturated rings. The Kier molecular flexibility index (Phi) is 4.76. The molecule has 1 N–H and O–H groups in total. The van der Waals surface area contributed by atoms with Gasteiger partial charge in [0.1, 0.15) is 6.04 Å². The number of ether oxygens (including phenoxy) is 1. The number of cyclic esters (lactones) is 1. The number of piperazine rings is 1. The van der Waals surface area contributed by atoms with E-state index in [-0.39, 0.29) is 24.0 Å². The molecule has 0 aromatic carbocycles. The van der Waals surface area contributed by atoms with Crippen molar-refractivity contribution < 1.29 is 14.3 Å². The topological polar surface area (TPSA) is 61.9 Å². The summed E-state index contributed by atoms with van der Waals surface area (Å²) in [4.78, 5) is 27.5. The minimum Gasteiger partial charge on any atom is -0.464 e. The van der Waals surface area contributed by atoms with Crippen molar-refractivity contribution in [3.8, 4) is 0 Å². The molecule has 2 aliphatic rings. The number of amides is 1. The smallest absolute Gasteiger partial charge is 0.323 e. The van der Waals surface area contributed by atoms with E-state index in [2.05, 4.69) is 15.1 Å². The maximum absolute atomic E-state index is 11.7. The van der Waals surface area contributed by atoms with Crippen LogP contribution in [0.25, 0.3) is 0 Å². The fraction of sp³-hybridized carbons (Fsp3) is 0.846. The molecule has 1 amide bonds. The summed E-state index contributed by atoms with van der Waals surface area (Å²) in [6.07, 6.45) is 0.798. The van der Waals surface area contributed by atoms with Crippen LogP contribution in [0.15, 0.2) is 0 Å². The van der Waals surface area contributed by atoms with Crippen LogP contribution in [0.5, 0.6) is 0 Å². The summed E-state index contributed by atoms with van der Waals surface area (Å²) < 4.78 is 5.00. The van der Waals surface area contributed by atoms with Crippen LogP contribution in [0.1, 0.15) is 20.3 Å². The molecule has 6 heteroatoms. The molecule has 2 heterocycles. The molecule has 19 heavy (non-hydrogen) atoms. The summed E-state index contributed by atoms with van der Waals surface area (Å²) in [5, 5.41) is 2.90. The Bertz CT molecular complexity index is 338. The third kappa shape index (κ3) is 3.91. The molecule has 1 atom stereocenters. The number of carbonyl (C=O) groups is 2. The highest BCUT2D eigenvalue weighted by Crippen LogP contribution is 2.16. The molecule has 0 spiro atoms. The minimum absolute atomic E-state index is 0.0633. The largest absolute Gasteiger partial charge is 0.464 e. The highest BCUT2D eigenvalue weighted by Gasteiger charge is 2.34. The maximum Gasteiger partial charge on any atom is 0.323 e. The van der Waals surface area contributed by atoms with Crippen molar-refractivity contribution in [2.45, 2.75) is 32.4 Å². The third-order valence-electron chi connectivity index (χ3n) is 3.57. The number of esters is 1. The molecule has 0 bridgehead atoms. The van der Waals surface area contributed by atoms with E-state index < -0.39 is 0 Å². The highest BCUT2D eigenvalue weighted by molar-refractivity contribution is 5.78. The van der Waals surface area contributed by atoms with Crippen molar-refractivity contribution in [2.75, 3.05) is 39.3 Å². The third-order valence-corrected chi connectivity index (χ3v) is 3.57. The first-order chi connectivity index (χ1) is 9.06. The van der Waals surface area contributed by atoms with Gasteiger partial charge in [-0.3, -0.25) is 19.4 Å². The molecule has 1 unspecified atom stereocenters. The summed E-state index contributed by atoms with van der Waals surface area (Å²) >= 11 is 0. The molecule has 0 aromatic rings. The molecule has 0 radical (unpaired) electrons. The van der Waals surface area contributed by atoms with Crippen molar-refractivity contribution in [3.63, 3.8) is 0 Å². The zero-order valence-corrected chi connectivity index (χ0v) is 11.7. The van der Waals surface area contributed by atoms with Crippen LogP contribution in [0.2, 0.25) is 0 Å². The normalized spacial score (nSPS) is 25.6. The zero-order valence-electron chi connectivity index (χ0n) is 11.7. The number of nitrogens with one attached hydrogen (secondary N) is 1. The summed E-state index contributed by atoms with van der Waals surface area (Å²) in [5.41, 5.74) is 0. The first-order valence-electron chi connectivity index (χ1n) is 6.98. The lowest BCUT2D eigenvalue weighted by Crippen LogP contribution is -2.53. The van der Waals surface area contributed by atoms with Crippen molar-refractivity contribution >= 4 is 11.9 Å². The summed E-state index contributed by atoms with van der Waals surface area (Å²) in [7, 11) is 0. The molecule has 0 aliphatic carbocycles. The SMILES string of the molecule is CC(C)NC(=O)CN1CCN(C2CCOC2=O)CC1. The van der Waals surface area contributed by atoms with Crippen LogP contribution in [-0.2, 0) is 14.3 Å². The molecule has 2 rings (SSSR count). The second kappa shape index (κ2) is 6.34.